The number of nitrogens with zero attached hydrogens (tertiary/aromatic N) is 1. The van der Waals surface area contributed by atoms with Crippen LogP contribution in [0.25, 0.3) is 0 Å². The summed E-state index contributed by atoms with van der Waals surface area (Å²) in [7, 11) is 0. The number of anilines is 1. The van der Waals surface area contributed by atoms with Gasteiger partial charge in [0.05, 0.1) is 5.92 Å². The fourth-order valence-electron chi connectivity index (χ4n) is 1.14. The lowest BCUT2D eigenvalue weighted by atomic mass is 10.1. The summed E-state index contributed by atoms with van der Waals surface area (Å²) in [6, 6.07) is 4.35. The van der Waals surface area contributed by atoms with Gasteiger partial charge in [-0.05, 0) is 31.5 Å². The van der Waals surface area contributed by atoms with Gasteiger partial charge in [0.1, 0.15) is 5.82 Å². The van der Waals surface area contributed by atoms with Crippen LogP contribution in [-0.2, 0) is 4.79 Å². The number of aryl methyl sites for hydroxylation is 1. The molecular formula is C11H14FN3O2. The number of nitrogens with two attached hydrogens (primary N) is 1. The molecule has 1 aromatic carbocycles. The Labute approximate surface area is 98.1 Å². The molecule has 6 heteroatoms. The Hall–Kier alpha value is -2.11. The number of nitrogens with one attached hydrogen (secondary N) is 1. The predicted molar refractivity (Wildman–Crippen MR) is 62.3 cm³/mol. The van der Waals surface area contributed by atoms with Gasteiger partial charge < -0.3 is 16.3 Å². The molecule has 0 aliphatic carbocycles. The average Bonchev–Trinajstić information content (AvgIpc) is 2.31. The molecule has 1 aromatic rings. The smallest absolute Gasteiger partial charge is 0.234 e. The van der Waals surface area contributed by atoms with E-state index in [1.807, 2.05) is 0 Å². The number of hydrogen-bond acceptors (Lipinski definition) is 3. The fourth-order valence-corrected chi connectivity index (χ4v) is 1.14. The first-order valence-electron chi connectivity index (χ1n) is 5.00. The predicted octanol–water partition coefficient (Wildman–Crippen LogP) is 1.46. The Morgan fingerprint density at radius 1 is 1.59 bits per heavy atom. The van der Waals surface area contributed by atoms with E-state index in [0.29, 0.717) is 11.3 Å². The molecule has 0 fully saturated rings. The quantitative estimate of drug-likeness (QED) is 0.323. The number of carbonyl (C=O) groups is 1. The number of halogens is 1. The van der Waals surface area contributed by atoms with Gasteiger partial charge in [-0.2, -0.15) is 0 Å². The number of carbonyl (C=O) groups excluding carboxylic acids is 1. The molecule has 92 valence electrons. The van der Waals surface area contributed by atoms with E-state index < -0.39 is 17.6 Å². The molecular weight excluding hydrogens is 225 g/mol. The monoisotopic (exact) mass is 239 g/mol. The molecule has 0 aliphatic rings. The van der Waals surface area contributed by atoms with Crippen molar-refractivity contribution in [3.05, 3.63) is 29.6 Å². The lowest BCUT2D eigenvalue weighted by Gasteiger charge is -2.11. The van der Waals surface area contributed by atoms with Crippen molar-refractivity contribution in [1.29, 1.82) is 0 Å². The molecule has 0 bridgehead atoms. The second-order valence-corrected chi connectivity index (χ2v) is 3.70. The van der Waals surface area contributed by atoms with Crippen molar-refractivity contribution in [2.24, 2.45) is 16.8 Å². The summed E-state index contributed by atoms with van der Waals surface area (Å²) >= 11 is 0. The third kappa shape index (κ3) is 3.17. The molecule has 1 unspecified atom stereocenters. The first-order valence-corrected chi connectivity index (χ1v) is 5.00. The van der Waals surface area contributed by atoms with Crippen molar-refractivity contribution in [3.8, 4) is 0 Å². The molecule has 5 nitrogen and oxygen atoms in total. The molecule has 0 saturated carbocycles. The topological polar surface area (TPSA) is 87.7 Å². The van der Waals surface area contributed by atoms with Gasteiger partial charge in [0.25, 0.3) is 0 Å². The summed E-state index contributed by atoms with van der Waals surface area (Å²) in [6.07, 6.45) is 0. The molecule has 4 N–H and O–H groups in total. The van der Waals surface area contributed by atoms with Crippen LogP contribution in [0.4, 0.5) is 10.1 Å². The highest BCUT2D eigenvalue weighted by atomic mass is 19.1. The van der Waals surface area contributed by atoms with E-state index in [2.05, 4.69) is 10.5 Å². The van der Waals surface area contributed by atoms with Gasteiger partial charge >= 0.3 is 0 Å². The van der Waals surface area contributed by atoms with Gasteiger partial charge in [0, 0.05) is 5.69 Å². The molecule has 1 amide bonds. The average molecular weight is 239 g/mol. The Kier molecular flexibility index (Phi) is 4.03. The maximum absolute atomic E-state index is 13.2. The second kappa shape index (κ2) is 5.29. The highest BCUT2D eigenvalue weighted by Gasteiger charge is 2.17. The summed E-state index contributed by atoms with van der Waals surface area (Å²) in [4.78, 5) is 11.6. The third-order valence-corrected chi connectivity index (χ3v) is 2.39. The molecule has 0 aromatic heterocycles. The minimum Gasteiger partial charge on any atom is -0.409 e. The lowest BCUT2D eigenvalue weighted by Crippen LogP contribution is -2.32. The van der Waals surface area contributed by atoms with Crippen molar-refractivity contribution in [2.75, 3.05) is 5.32 Å². The van der Waals surface area contributed by atoms with E-state index >= 15 is 0 Å². The number of benzene rings is 1. The molecule has 0 heterocycles. The summed E-state index contributed by atoms with van der Waals surface area (Å²) in [6.45, 7) is 3.11. The Morgan fingerprint density at radius 3 is 2.76 bits per heavy atom. The van der Waals surface area contributed by atoms with Gasteiger partial charge in [-0.1, -0.05) is 11.2 Å². The van der Waals surface area contributed by atoms with E-state index in [0.717, 1.165) is 0 Å². The standard InChI is InChI=1S/C11H14FN3O2/c1-6-3-4-8(5-9(6)12)14-11(16)7(2)10(13)15-17/h3-5,7,17H,1-2H3,(H2,13,15)(H,14,16). The van der Waals surface area contributed by atoms with Crippen molar-refractivity contribution in [2.45, 2.75) is 13.8 Å². The summed E-state index contributed by atoms with van der Waals surface area (Å²) < 4.78 is 13.2. The Balaban J connectivity index is 2.78. The SMILES string of the molecule is Cc1ccc(NC(=O)C(C)/C(N)=N/O)cc1F. The summed E-state index contributed by atoms with van der Waals surface area (Å²) in [5.74, 6) is -1.86. The normalized spacial score (nSPS) is 13.2. The van der Waals surface area contributed by atoms with Crippen LogP contribution in [0.3, 0.4) is 0 Å². The van der Waals surface area contributed by atoms with Crippen LogP contribution < -0.4 is 11.1 Å². The Bertz CT molecular complexity index is 460. The molecule has 17 heavy (non-hydrogen) atoms. The van der Waals surface area contributed by atoms with Crippen molar-refractivity contribution >= 4 is 17.4 Å². The third-order valence-electron chi connectivity index (χ3n) is 2.39. The molecule has 0 saturated heterocycles. The van der Waals surface area contributed by atoms with Gasteiger partial charge in [0.15, 0.2) is 5.84 Å². The molecule has 0 spiro atoms. The fraction of sp³-hybridized carbons (Fsp3) is 0.273. The van der Waals surface area contributed by atoms with Crippen LogP contribution in [0.5, 0.6) is 0 Å². The zero-order valence-electron chi connectivity index (χ0n) is 9.57. The van der Waals surface area contributed by atoms with E-state index in [1.165, 1.54) is 13.0 Å². The Morgan fingerprint density at radius 2 is 2.24 bits per heavy atom. The molecule has 1 rings (SSSR count). The van der Waals surface area contributed by atoms with E-state index in [4.69, 9.17) is 10.9 Å². The van der Waals surface area contributed by atoms with Crippen LogP contribution >= 0.6 is 0 Å². The van der Waals surface area contributed by atoms with E-state index in [1.54, 1.807) is 19.1 Å². The maximum atomic E-state index is 13.2. The van der Waals surface area contributed by atoms with E-state index in [9.17, 15) is 9.18 Å². The summed E-state index contributed by atoms with van der Waals surface area (Å²) in [5, 5.41) is 13.6. The zero-order chi connectivity index (χ0) is 13.0. The number of rotatable bonds is 3. The number of hydrogen-bond donors (Lipinski definition) is 3. The number of oxime groups is 1. The maximum Gasteiger partial charge on any atom is 0.234 e. The van der Waals surface area contributed by atoms with Crippen LogP contribution in [0.1, 0.15) is 12.5 Å². The van der Waals surface area contributed by atoms with E-state index in [-0.39, 0.29) is 5.84 Å². The van der Waals surface area contributed by atoms with Crippen molar-refractivity contribution in [3.63, 3.8) is 0 Å². The number of amidine groups is 1. The zero-order valence-corrected chi connectivity index (χ0v) is 9.57. The first kappa shape index (κ1) is 13.0. The van der Waals surface area contributed by atoms with Gasteiger partial charge in [-0.15, -0.1) is 0 Å². The highest BCUT2D eigenvalue weighted by molar-refractivity contribution is 6.07. The van der Waals surface area contributed by atoms with Crippen LogP contribution in [0, 0.1) is 18.7 Å². The first-order chi connectivity index (χ1) is 7.95. The van der Waals surface area contributed by atoms with Crippen LogP contribution in [0.15, 0.2) is 23.4 Å². The van der Waals surface area contributed by atoms with Crippen LogP contribution in [0.2, 0.25) is 0 Å². The summed E-state index contributed by atoms with van der Waals surface area (Å²) in [5.41, 5.74) is 6.11. The largest absolute Gasteiger partial charge is 0.409 e. The van der Waals surface area contributed by atoms with Crippen LogP contribution in [-0.4, -0.2) is 17.0 Å². The minimum absolute atomic E-state index is 0.199. The number of amides is 1. The minimum atomic E-state index is -0.788. The molecule has 0 radical (unpaired) electrons. The molecule has 1 atom stereocenters. The van der Waals surface area contributed by atoms with Gasteiger partial charge in [-0.3, -0.25) is 4.79 Å². The van der Waals surface area contributed by atoms with Crippen molar-refractivity contribution < 1.29 is 14.4 Å². The highest BCUT2D eigenvalue weighted by Crippen LogP contribution is 2.14. The lowest BCUT2D eigenvalue weighted by molar-refractivity contribution is -0.117. The van der Waals surface area contributed by atoms with Crippen molar-refractivity contribution in [1.82, 2.24) is 0 Å². The van der Waals surface area contributed by atoms with Gasteiger partial charge in [-0.25, -0.2) is 4.39 Å². The molecule has 0 aliphatic heterocycles. The second-order valence-electron chi connectivity index (χ2n) is 3.70. The van der Waals surface area contributed by atoms with Gasteiger partial charge in [0.2, 0.25) is 5.91 Å².